The number of rotatable bonds is 4. The molecule has 0 aliphatic carbocycles. The third kappa shape index (κ3) is 4.32. The number of carbonyl (C=O) groups excluding carboxylic acids is 2. The van der Waals surface area contributed by atoms with Crippen LogP contribution in [0.5, 0.6) is 0 Å². The molecule has 0 radical (unpaired) electrons. The maximum absolute atomic E-state index is 13.5. The first-order chi connectivity index (χ1) is 16.5. The molecule has 0 bridgehead atoms. The Bertz CT molecular complexity index is 1480. The van der Waals surface area contributed by atoms with Crippen LogP contribution >= 0.6 is 11.6 Å². The molecular formula is C27H22ClN3O3. The van der Waals surface area contributed by atoms with Crippen molar-refractivity contribution in [2.45, 2.75) is 19.5 Å². The lowest BCUT2D eigenvalue weighted by atomic mass is 9.98. The molecule has 5 rings (SSSR count). The highest BCUT2D eigenvalue weighted by molar-refractivity contribution is 6.30. The summed E-state index contributed by atoms with van der Waals surface area (Å²) in [5.74, 6) is -0.542. The van der Waals surface area contributed by atoms with Crippen LogP contribution in [0, 0.1) is 0 Å². The molecule has 170 valence electrons. The summed E-state index contributed by atoms with van der Waals surface area (Å²) in [6.45, 7) is 0.918. The van der Waals surface area contributed by atoms with Crippen LogP contribution in [0.15, 0.2) is 83.7 Å². The molecule has 6 nitrogen and oxygen atoms in total. The molecule has 0 unspecified atom stereocenters. The van der Waals surface area contributed by atoms with Crippen LogP contribution in [0.25, 0.3) is 10.9 Å². The van der Waals surface area contributed by atoms with Gasteiger partial charge in [-0.05, 0) is 41.8 Å². The maximum Gasteiger partial charge on any atom is 0.255 e. The molecule has 4 aromatic rings. The van der Waals surface area contributed by atoms with Crippen molar-refractivity contribution in [3.05, 3.63) is 111 Å². The zero-order valence-electron chi connectivity index (χ0n) is 18.3. The first-order valence-corrected chi connectivity index (χ1v) is 11.4. The third-order valence-corrected chi connectivity index (χ3v) is 6.31. The Hall–Kier alpha value is -3.90. The van der Waals surface area contributed by atoms with Gasteiger partial charge in [-0.15, -0.1) is 0 Å². The number of aromatic nitrogens is 1. The molecule has 1 aromatic heterocycles. The van der Waals surface area contributed by atoms with Crippen LogP contribution < -0.4 is 10.9 Å². The van der Waals surface area contributed by atoms with Crippen LogP contribution in [0.2, 0.25) is 5.02 Å². The van der Waals surface area contributed by atoms with E-state index in [4.69, 9.17) is 11.6 Å². The molecule has 2 amide bonds. The first-order valence-electron chi connectivity index (χ1n) is 11.0. The molecule has 0 fully saturated rings. The van der Waals surface area contributed by atoms with E-state index in [1.807, 2.05) is 30.3 Å². The minimum absolute atomic E-state index is 0.182. The summed E-state index contributed by atoms with van der Waals surface area (Å²) in [4.78, 5) is 41.0. The summed E-state index contributed by atoms with van der Waals surface area (Å²) in [6, 6.07) is 23.4. The molecule has 1 aliphatic rings. The number of nitrogens with zero attached hydrogens (tertiary/aromatic N) is 2. The number of fused-ring (bicyclic) bond motifs is 2. The van der Waals surface area contributed by atoms with Gasteiger partial charge in [-0.3, -0.25) is 19.0 Å². The van der Waals surface area contributed by atoms with Gasteiger partial charge in [0.1, 0.15) is 6.54 Å². The smallest absolute Gasteiger partial charge is 0.255 e. The van der Waals surface area contributed by atoms with E-state index in [1.165, 1.54) is 16.2 Å². The van der Waals surface area contributed by atoms with Crippen LogP contribution in [0.1, 0.15) is 21.5 Å². The van der Waals surface area contributed by atoms with Crippen LogP contribution in [-0.2, 0) is 24.3 Å². The van der Waals surface area contributed by atoms with Gasteiger partial charge in [0.25, 0.3) is 11.5 Å². The Morgan fingerprint density at radius 3 is 2.50 bits per heavy atom. The van der Waals surface area contributed by atoms with Gasteiger partial charge in [0, 0.05) is 35.3 Å². The maximum atomic E-state index is 13.5. The number of carbonyl (C=O) groups is 2. The normalized spacial score (nSPS) is 12.9. The summed E-state index contributed by atoms with van der Waals surface area (Å²) < 4.78 is 1.39. The van der Waals surface area contributed by atoms with Crippen molar-refractivity contribution in [3.8, 4) is 0 Å². The predicted octanol–water partition coefficient (Wildman–Crippen LogP) is 4.49. The quantitative estimate of drug-likeness (QED) is 0.476. The summed E-state index contributed by atoms with van der Waals surface area (Å²) in [7, 11) is 0. The van der Waals surface area contributed by atoms with Crippen molar-refractivity contribution < 1.29 is 9.59 Å². The molecule has 34 heavy (non-hydrogen) atoms. The van der Waals surface area contributed by atoms with Crippen molar-refractivity contribution >= 4 is 40.0 Å². The van der Waals surface area contributed by atoms with E-state index in [0.717, 1.165) is 12.0 Å². The molecule has 0 spiro atoms. The number of amides is 2. The molecule has 7 heteroatoms. The van der Waals surface area contributed by atoms with Gasteiger partial charge in [0.05, 0.1) is 11.1 Å². The lowest BCUT2D eigenvalue weighted by Crippen LogP contribution is -2.37. The third-order valence-electron chi connectivity index (χ3n) is 6.08. The van der Waals surface area contributed by atoms with Crippen LogP contribution in [-0.4, -0.2) is 27.8 Å². The second-order valence-electron chi connectivity index (χ2n) is 8.30. The first kappa shape index (κ1) is 21.9. The lowest BCUT2D eigenvalue weighted by Gasteiger charge is -2.29. The standard InChI is InChI=1S/C27H22ClN3O3/c28-20-8-5-9-21(14-20)29-25(32)17-31-24-11-4-3-10-22(24)23(15-26(31)33)27(34)30-13-12-18-6-1-2-7-19(18)16-30/h1-11,14-15H,12-13,16-17H2,(H,29,32). The van der Waals surface area contributed by atoms with E-state index in [-0.39, 0.29) is 18.4 Å². The predicted molar refractivity (Wildman–Crippen MR) is 133 cm³/mol. The number of para-hydroxylation sites is 1. The fourth-order valence-electron chi connectivity index (χ4n) is 4.42. The molecule has 1 aliphatic heterocycles. The number of pyridine rings is 1. The van der Waals surface area contributed by atoms with Gasteiger partial charge in [-0.25, -0.2) is 0 Å². The zero-order chi connectivity index (χ0) is 23.7. The topological polar surface area (TPSA) is 71.4 Å². The molecule has 2 heterocycles. The van der Waals surface area contributed by atoms with E-state index in [9.17, 15) is 14.4 Å². The van der Waals surface area contributed by atoms with Gasteiger partial charge in [0.2, 0.25) is 5.91 Å². The minimum atomic E-state index is -0.402. The molecular weight excluding hydrogens is 450 g/mol. The van der Waals surface area contributed by atoms with Gasteiger partial charge in [-0.2, -0.15) is 0 Å². The fourth-order valence-corrected chi connectivity index (χ4v) is 4.61. The summed E-state index contributed by atoms with van der Waals surface area (Å²) in [6.07, 6.45) is 0.778. The molecule has 1 N–H and O–H groups in total. The highest BCUT2D eigenvalue weighted by atomic mass is 35.5. The largest absolute Gasteiger partial charge is 0.334 e. The number of hydrogen-bond donors (Lipinski definition) is 1. The number of nitrogens with one attached hydrogen (secondary N) is 1. The fraction of sp³-hybridized carbons (Fsp3) is 0.148. The Labute approximate surface area is 201 Å². The van der Waals surface area contributed by atoms with Gasteiger partial charge >= 0.3 is 0 Å². The molecule has 0 atom stereocenters. The average Bonchev–Trinajstić information content (AvgIpc) is 2.85. The zero-order valence-corrected chi connectivity index (χ0v) is 19.1. The van der Waals surface area contributed by atoms with Gasteiger partial charge < -0.3 is 10.2 Å². The Balaban J connectivity index is 1.45. The van der Waals surface area contributed by atoms with E-state index in [0.29, 0.717) is 40.3 Å². The number of benzene rings is 3. The Kier molecular flexibility index (Phi) is 5.90. The molecule has 0 saturated carbocycles. The lowest BCUT2D eigenvalue weighted by molar-refractivity contribution is -0.116. The monoisotopic (exact) mass is 471 g/mol. The van der Waals surface area contributed by atoms with E-state index in [2.05, 4.69) is 11.4 Å². The van der Waals surface area contributed by atoms with Crippen molar-refractivity contribution in [1.29, 1.82) is 0 Å². The minimum Gasteiger partial charge on any atom is -0.334 e. The second-order valence-corrected chi connectivity index (χ2v) is 8.74. The molecule has 0 saturated heterocycles. The van der Waals surface area contributed by atoms with Crippen molar-refractivity contribution in [3.63, 3.8) is 0 Å². The Morgan fingerprint density at radius 1 is 0.912 bits per heavy atom. The van der Waals surface area contributed by atoms with E-state index >= 15 is 0 Å². The van der Waals surface area contributed by atoms with Crippen molar-refractivity contribution in [2.24, 2.45) is 0 Å². The van der Waals surface area contributed by atoms with Crippen LogP contribution in [0.4, 0.5) is 5.69 Å². The number of halogens is 1. The Morgan fingerprint density at radius 2 is 1.68 bits per heavy atom. The number of anilines is 1. The van der Waals surface area contributed by atoms with E-state index in [1.54, 1.807) is 41.3 Å². The van der Waals surface area contributed by atoms with E-state index < -0.39 is 5.56 Å². The highest BCUT2D eigenvalue weighted by Gasteiger charge is 2.24. The highest BCUT2D eigenvalue weighted by Crippen LogP contribution is 2.24. The number of hydrogen-bond acceptors (Lipinski definition) is 3. The summed E-state index contributed by atoms with van der Waals surface area (Å²) in [5, 5.41) is 3.91. The van der Waals surface area contributed by atoms with Crippen molar-refractivity contribution in [1.82, 2.24) is 9.47 Å². The second kappa shape index (κ2) is 9.15. The van der Waals surface area contributed by atoms with Crippen molar-refractivity contribution in [2.75, 3.05) is 11.9 Å². The summed E-state index contributed by atoms with van der Waals surface area (Å²) >= 11 is 5.99. The van der Waals surface area contributed by atoms with Gasteiger partial charge in [-0.1, -0.05) is 60.1 Å². The average molecular weight is 472 g/mol. The SMILES string of the molecule is O=C(Cn1c(=O)cc(C(=O)N2CCc3ccccc3C2)c2ccccc21)Nc1cccc(Cl)c1. The molecule has 3 aromatic carbocycles. The van der Waals surface area contributed by atoms with Gasteiger partial charge in [0.15, 0.2) is 0 Å². The summed E-state index contributed by atoms with van der Waals surface area (Å²) in [5.41, 5.74) is 3.41. The van der Waals surface area contributed by atoms with Crippen LogP contribution in [0.3, 0.4) is 0 Å².